The number of benzene rings is 3. The van der Waals surface area contributed by atoms with Gasteiger partial charge in [0.25, 0.3) is 0 Å². The van der Waals surface area contributed by atoms with E-state index in [0.717, 1.165) is 20.5 Å². The SMILES string of the molecule is CNC(=O)C(Cc1ccccc1)N(Cc1cccc(Br)c1)C(=O)CSc1ccc(Cl)cc1. The lowest BCUT2D eigenvalue weighted by Gasteiger charge is -2.31. The summed E-state index contributed by atoms with van der Waals surface area (Å²) >= 11 is 10.9. The average Bonchev–Trinajstić information content (AvgIpc) is 2.81. The molecular formula is C25H24BrClN2O2S. The zero-order chi connectivity index (χ0) is 22.9. The fraction of sp³-hybridized carbons (Fsp3) is 0.200. The van der Waals surface area contributed by atoms with Gasteiger partial charge in [-0.25, -0.2) is 0 Å². The average molecular weight is 532 g/mol. The van der Waals surface area contributed by atoms with Crippen molar-refractivity contribution in [2.45, 2.75) is 23.9 Å². The fourth-order valence-corrected chi connectivity index (χ4v) is 4.67. The van der Waals surface area contributed by atoms with Crippen LogP contribution in [0, 0.1) is 0 Å². The maximum atomic E-state index is 13.4. The Morgan fingerprint density at radius 1 is 1.00 bits per heavy atom. The molecule has 0 aliphatic carbocycles. The third-order valence-corrected chi connectivity index (χ3v) is 6.68. The summed E-state index contributed by atoms with van der Waals surface area (Å²) in [5.74, 6) is -0.0686. The van der Waals surface area contributed by atoms with Gasteiger partial charge in [0.2, 0.25) is 11.8 Å². The molecule has 3 rings (SSSR count). The number of nitrogens with zero attached hydrogens (tertiary/aromatic N) is 1. The summed E-state index contributed by atoms with van der Waals surface area (Å²) in [4.78, 5) is 28.9. The van der Waals surface area contributed by atoms with E-state index in [1.54, 1.807) is 24.1 Å². The minimum absolute atomic E-state index is 0.102. The van der Waals surface area contributed by atoms with Gasteiger partial charge >= 0.3 is 0 Å². The number of nitrogens with one attached hydrogen (secondary N) is 1. The number of likely N-dealkylation sites (N-methyl/N-ethyl adjacent to an activating group) is 1. The highest BCUT2D eigenvalue weighted by Gasteiger charge is 2.29. The van der Waals surface area contributed by atoms with Gasteiger partial charge in [0.05, 0.1) is 5.75 Å². The molecule has 0 aromatic heterocycles. The maximum absolute atomic E-state index is 13.4. The van der Waals surface area contributed by atoms with Crippen LogP contribution in [0.1, 0.15) is 11.1 Å². The third kappa shape index (κ3) is 7.12. The molecule has 0 aliphatic rings. The van der Waals surface area contributed by atoms with Crippen molar-refractivity contribution in [1.29, 1.82) is 0 Å². The number of carbonyl (C=O) groups is 2. The smallest absolute Gasteiger partial charge is 0.242 e. The molecule has 0 heterocycles. The highest BCUT2D eigenvalue weighted by atomic mass is 79.9. The van der Waals surface area contributed by atoms with Crippen LogP contribution in [-0.2, 0) is 22.6 Å². The monoisotopic (exact) mass is 530 g/mol. The van der Waals surface area contributed by atoms with Crippen molar-refractivity contribution in [2.24, 2.45) is 0 Å². The Morgan fingerprint density at radius 2 is 1.69 bits per heavy atom. The molecule has 3 aromatic rings. The largest absolute Gasteiger partial charge is 0.357 e. The van der Waals surface area contributed by atoms with Crippen LogP contribution in [0.2, 0.25) is 5.02 Å². The Labute approximate surface area is 206 Å². The molecule has 3 aromatic carbocycles. The number of rotatable bonds is 9. The predicted octanol–water partition coefficient (Wildman–Crippen LogP) is 5.58. The molecular weight excluding hydrogens is 508 g/mol. The first-order valence-corrected chi connectivity index (χ1v) is 12.3. The number of thioether (sulfide) groups is 1. The molecule has 1 N–H and O–H groups in total. The highest BCUT2D eigenvalue weighted by Crippen LogP contribution is 2.23. The molecule has 166 valence electrons. The van der Waals surface area contributed by atoms with Gasteiger partial charge in [0.1, 0.15) is 6.04 Å². The van der Waals surface area contributed by atoms with Crippen LogP contribution in [0.15, 0.2) is 88.2 Å². The molecule has 0 fully saturated rings. The molecule has 32 heavy (non-hydrogen) atoms. The Hall–Kier alpha value is -2.28. The van der Waals surface area contributed by atoms with E-state index in [4.69, 9.17) is 11.6 Å². The summed E-state index contributed by atoms with van der Waals surface area (Å²) in [6.07, 6.45) is 0.436. The minimum Gasteiger partial charge on any atom is -0.357 e. The summed E-state index contributed by atoms with van der Waals surface area (Å²) in [6.45, 7) is 0.338. The van der Waals surface area contributed by atoms with Crippen molar-refractivity contribution >= 4 is 51.1 Å². The first-order valence-electron chi connectivity index (χ1n) is 10.1. The predicted molar refractivity (Wildman–Crippen MR) is 135 cm³/mol. The number of hydrogen-bond donors (Lipinski definition) is 1. The Bertz CT molecular complexity index is 1050. The van der Waals surface area contributed by atoms with E-state index < -0.39 is 6.04 Å². The van der Waals surface area contributed by atoms with Crippen molar-refractivity contribution in [3.05, 3.63) is 99.5 Å². The number of carbonyl (C=O) groups excluding carboxylic acids is 2. The molecule has 1 unspecified atom stereocenters. The van der Waals surface area contributed by atoms with Gasteiger partial charge in [-0.15, -0.1) is 11.8 Å². The number of hydrogen-bond acceptors (Lipinski definition) is 3. The molecule has 0 saturated heterocycles. The Balaban J connectivity index is 1.86. The Morgan fingerprint density at radius 3 is 2.34 bits per heavy atom. The van der Waals surface area contributed by atoms with Crippen LogP contribution in [0.5, 0.6) is 0 Å². The zero-order valence-electron chi connectivity index (χ0n) is 17.6. The van der Waals surface area contributed by atoms with Gasteiger partial charge in [-0.2, -0.15) is 0 Å². The van der Waals surface area contributed by atoms with Gasteiger partial charge in [0.15, 0.2) is 0 Å². The molecule has 4 nitrogen and oxygen atoms in total. The summed E-state index contributed by atoms with van der Waals surface area (Å²) in [7, 11) is 1.60. The van der Waals surface area contributed by atoms with Crippen LogP contribution in [0.4, 0.5) is 0 Å². The van der Waals surface area contributed by atoms with E-state index in [1.807, 2.05) is 66.7 Å². The summed E-state index contributed by atoms with van der Waals surface area (Å²) < 4.78 is 0.928. The molecule has 0 saturated carbocycles. The molecule has 0 aliphatic heterocycles. The van der Waals surface area contributed by atoms with E-state index in [2.05, 4.69) is 21.2 Å². The zero-order valence-corrected chi connectivity index (χ0v) is 20.8. The second-order valence-corrected chi connectivity index (χ2v) is 9.61. The third-order valence-electron chi connectivity index (χ3n) is 4.94. The van der Waals surface area contributed by atoms with Gasteiger partial charge < -0.3 is 10.2 Å². The van der Waals surface area contributed by atoms with Crippen molar-refractivity contribution < 1.29 is 9.59 Å². The lowest BCUT2D eigenvalue weighted by molar-refractivity contribution is -0.139. The Kier molecular flexibility index (Phi) is 9.21. The van der Waals surface area contributed by atoms with E-state index in [9.17, 15) is 9.59 Å². The molecule has 0 spiro atoms. The van der Waals surface area contributed by atoms with Crippen molar-refractivity contribution in [3.63, 3.8) is 0 Å². The van der Waals surface area contributed by atoms with E-state index in [-0.39, 0.29) is 17.6 Å². The molecule has 1 atom stereocenters. The second-order valence-electron chi connectivity index (χ2n) is 7.21. The van der Waals surface area contributed by atoms with Crippen LogP contribution in [0.3, 0.4) is 0 Å². The summed E-state index contributed by atoms with van der Waals surface area (Å²) in [6, 6.07) is 24.3. The lowest BCUT2D eigenvalue weighted by Crippen LogP contribution is -2.50. The van der Waals surface area contributed by atoms with E-state index in [0.29, 0.717) is 18.0 Å². The second kappa shape index (κ2) is 12.1. The van der Waals surface area contributed by atoms with Crippen molar-refractivity contribution in [1.82, 2.24) is 10.2 Å². The van der Waals surface area contributed by atoms with Crippen molar-refractivity contribution in [3.8, 4) is 0 Å². The van der Waals surface area contributed by atoms with Crippen molar-refractivity contribution in [2.75, 3.05) is 12.8 Å². The first kappa shape index (κ1) is 24.4. The topological polar surface area (TPSA) is 49.4 Å². The minimum atomic E-state index is -0.625. The molecule has 0 bridgehead atoms. The van der Waals surface area contributed by atoms with Crippen LogP contribution in [-0.4, -0.2) is 35.6 Å². The molecule has 0 radical (unpaired) electrons. The lowest BCUT2D eigenvalue weighted by atomic mass is 10.0. The summed E-state index contributed by atoms with van der Waals surface area (Å²) in [5, 5.41) is 3.39. The maximum Gasteiger partial charge on any atom is 0.242 e. The first-order chi connectivity index (χ1) is 15.5. The van der Waals surface area contributed by atoms with Crippen LogP contribution in [0.25, 0.3) is 0 Å². The number of halogens is 2. The standard InChI is InChI=1S/C25H24BrClN2O2S/c1-28-25(31)23(15-18-6-3-2-4-7-18)29(16-19-8-5-9-20(26)14-19)24(30)17-32-22-12-10-21(27)11-13-22/h2-14,23H,15-17H2,1H3,(H,28,31). The molecule has 7 heteroatoms. The van der Waals surface area contributed by atoms with Crippen LogP contribution < -0.4 is 5.32 Å². The van der Waals surface area contributed by atoms with Crippen LogP contribution >= 0.6 is 39.3 Å². The van der Waals surface area contributed by atoms with E-state index >= 15 is 0 Å². The van der Waals surface area contributed by atoms with Gasteiger partial charge in [-0.05, 0) is 47.5 Å². The highest BCUT2D eigenvalue weighted by molar-refractivity contribution is 9.10. The van der Waals surface area contributed by atoms with Gasteiger partial charge in [0, 0.05) is 34.4 Å². The van der Waals surface area contributed by atoms with Gasteiger partial charge in [-0.3, -0.25) is 9.59 Å². The summed E-state index contributed by atoms with van der Waals surface area (Å²) in [5.41, 5.74) is 1.95. The van der Waals surface area contributed by atoms with Gasteiger partial charge in [-0.1, -0.05) is 70.0 Å². The van der Waals surface area contributed by atoms with E-state index in [1.165, 1.54) is 11.8 Å². The molecule has 2 amide bonds. The normalized spacial score (nSPS) is 11.6. The quantitative estimate of drug-likeness (QED) is 0.367. The fourth-order valence-electron chi connectivity index (χ4n) is 3.31. The number of amides is 2.